The van der Waals surface area contributed by atoms with Crippen molar-refractivity contribution in [2.45, 2.75) is 12.6 Å². The average Bonchev–Trinajstić information content (AvgIpc) is 2.31. The van der Waals surface area contributed by atoms with Crippen molar-refractivity contribution in [1.29, 1.82) is 0 Å². The number of hydrogen-bond acceptors (Lipinski definition) is 3. The van der Waals surface area contributed by atoms with Crippen LogP contribution in [0.4, 0.5) is 0 Å². The fraction of sp³-hybridized carbons (Fsp3) is 0.417. The van der Waals surface area contributed by atoms with E-state index < -0.39 is 0 Å². The van der Waals surface area contributed by atoms with Crippen LogP contribution in [0.2, 0.25) is 0 Å². The van der Waals surface area contributed by atoms with E-state index in [-0.39, 0.29) is 6.04 Å². The molecular formula is C12H15NO2. The second-order valence-electron chi connectivity index (χ2n) is 3.73. The predicted octanol–water partition coefficient (Wildman–Crippen LogP) is 1.09. The van der Waals surface area contributed by atoms with Gasteiger partial charge in [0.2, 0.25) is 0 Å². The lowest BCUT2D eigenvalue weighted by Gasteiger charge is -2.32. The molecule has 1 atom stereocenters. The Kier molecular flexibility index (Phi) is 3.48. The molecule has 0 aromatic heterocycles. The van der Waals surface area contributed by atoms with Crippen LogP contribution in [0.25, 0.3) is 0 Å². The summed E-state index contributed by atoms with van der Waals surface area (Å²) in [5.74, 6) is 0. The molecule has 0 saturated carbocycles. The first-order valence-corrected chi connectivity index (χ1v) is 5.21. The molecule has 0 unspecified atom stereocenters. The van der Waals surface area contributed by atoms with E-state index in [9.17, 15) is 4.79 Å². The Hall–Kier alpha value is -1.19. The van der Waals surface area contributed by atoms with Crippen LogP contribution in [0.15, 0.2) is 30.3 Å². The van der Waals surface area contributed by atoms with Crippen molar-refractivity contribution in [1.82, 2.24) is 4.90 Å². The molecule has 0 bridgehead atoms. The molecule has 0 radical (unpaired) electrons. The summed E-state index contributed by atoms with van der Waals surface area (Å²) in [5, 5.41) is 0. The van der Waals surface area contributed by atoms with Crippen LogP contribution in [0, 0.1) is 0 Å². The van der Waals surface area contributed by atoms with Crippen LogP contribution >= 0.6 is 0 Å². The van der Waals surface area contributed by atoms with Gasteiger partial charge < -0.3 is 9.53 Å². The smallest absolute Gasteiger partial charge is 0.139 e. The molecule has 3 nitrogen and oxygen atoms in total. The molecule has 1 heterocycles. The van der Waals surface area contributed by atoms with Crippen molar-refractivity contribution in [2.24, 2.45) is 0 Å². The van der Waals surface area contributed by atoms with Crippen molar-refractivity contribution in [2.75, 3.05) is 19.8 Å². The van der Waals surface area contributed by atoms with Crippen LogP contribution < -0.4 is 0 Å². The molecule has 1 aromatic carbocycles. The topological polar surface area (TPSA) is 29.5 Å². The number of ether oxygens (including phenoxy) is 1. The van der Waals surface area contributed by atoms with Crippen LogP contribution in [0.5, 0.6) is 0 Å². The first-order valence-electron chi connectivity index (χ1n) is 5.21. The van der Waals surface area contributed by atoms with E-state index in [1.54, 1.807) is 0 Å². The highest BCUT2D eigenvalue weighted by Gasteiger charge is 2.21. The van der Waals surface area contributed by atoms with E-state index in [0.717, 1.165) is 26.0 Å². The van der Waals surface area contributed by atoms with Gasteiger partial charge in [-0.15, -0.1) is 0 Å². The Balaban J connectivity index is 2.00. The molecule has 1 aliphatic rings. The molecule has 0 N–H and O–H groups in total. The Morgan fingerprint density at radius 3 is 2.93 bits per heavy atom. The standard InChI is InChI=1S/C12H15NO2/c14-9-12-10-15-7-6-13(12)8-11-4-2-1-3-5-11/h1-5,9,12H,6-8,10H2/t12-/m0/s1. The minimum Gasteiger partial charge on any atom is -0.378 e. The van der Waals surface area contributed by atoms with E-state index in [1.165, 1.54) is 5.56 Å². The van der Waals surface area contributed by atoms with Crippen LogP contribution in [0.3, 0.4) is 0 Å². The molecule has 1 fully saturated rings. The summed E-state index contributed by atoms with van der Waals surface area (Å²) in [7, 11) is 0. The molecule has 0 aliphatic carbocycles. The number of benzene rings is 1. The maximum atomic E-state index is 10.8. The largest absolute Gasteiger partial charge is 0.378 e. The van der Waals surface area contributed by atoms with Crippen LogP contribution in [-0.2, 0) is 16.1 Å². The second kappa shape index (κ2) is 5.05. The molecule has 3 heteroatoms. The van der Waals surface area contributed by atoms with E-state index >= 15 is 0 Å². The molecule has 0 amide bonds. The molecule has 0 spiro atoms. The molecule has 2 rings (SSSR count). The monoisotopic (exact) mass is 205 g/mol. The number of carbonyl (C=O) groups excluding carboxylic acids is 1. The van der Waals surface area contributed by atoms with E-state index in [2.05, 4.69) is 17.0 Å². The first kappa shape index (κ1) is 10.3. The predicted molar refractivity (Wildman–Crippen MR) is 57.5 cm³/mol. The second-order valence-corrected chi connectivity index (χ2v) is 3.73. The fourth-order valence-electron chi connectivity index (χ4n) is 1.80. The number of aldehydes is 1. The third-order valence-corrected chi connectivity index (χ3v) is 2.67. The molecule has 1 saturated heterocycles. The maximum absolute atomic E-state index is 10.8. The summed E-state index contributed by atoms with van der Waals surface area (Å²) in [6.07, 6.45) is 0.974. The van der Waals surface area contributed by atoms with Crippen molar-refractivity contribution in [3.8, 4) is 0 Å². The zero-order valence-electron chi connectivity index (χ0n) is 8.63. The van der Waals surface area contributed by atoms with Gasteiger partial charge in [-0.05, 0) is 5.56 Å². The quantitative estimate of drug-likeness (QED) is 0.692. The summed E-state index contributed by atoms with van der Waals surface area (Å²) in [6, 6.07) is 10.1. The number of carbonyl (C=O) groups is 1. The van der Waals surface area contributed by atoms with Gasteiger partial charge in [-0.25, -0.2) is 0 Å². The maximum Gasteiger partial charge on any atom is 0.139 e. The van der Waals surface area contributed by atoms with Gasteiger partial charge in [-0.3, -0.25) is 4.90 Å². The highest BCUT2D eigenvalue weighted by molar-refractivity contribution is 5.58. The lowest BCUT2D eigenvalue weighted by atomic mass is 10.1. The van der Waals surface area contributed by atoms with Crippen LogP contribution in [0.1, 0.15) is 5.56 Å². The highest BCUT2D eigenvalue weighted by atomic mass is 16.5. The lowest BCUT2D eigenvalue weighted by Crippen LogP contribution is -2.45. The van der Waals surface area contributed by atoms with Gasteiger partial charge in [0.05, 0.1) is 19.3 Å². The van der Waals surface area contributed by atoms with Gasteiger partial charge >= 0.3 is 0 Å². The average molecular weight is 205 g/mol. The SMILES string of the molecule is O=C[C@H]1COCCN1Cc1ccccc1. The Morgan fingerprint density at radius 2 is 2.20 bits per heavy atom. The van der Waals surface area contributed by atoms with Gasteiger partial charge in [0.15, 0.2) is 0 Å². The van der Waals surface area contributed by atoms with Gasteiger partial charge in [0, 0.05) is 13.1 Å². The Labute approximate surface area is 89.7 Å². The van der Waals surface area contributed by atoms with Gasteiger partial charge in [0.1, 0.15) is 6.29 Å². The van der Waals surface area contributed by atoms with Crippen LogP contribution in [-0.4, -0.2) is 37.0 Å². The van der Waals surface area contributed by atoms with Crippen molar-refractivity contribution >= 4 is 6.29 Å². The summed E-state index contributed by atoms with van der Waals surface area (Å²) in [6.45, 7) is 2.90. The summed E-state index contributed by atoms with van der Waals surface area (Å²) in [5.41, 5.74) is 1.24. The summed E-state index contributed by atoms with van der Waals surface area (Å²) >= 11 is 0. The van der Waals surface area contributed by atoms with Gasteiger partial charge in [0.25, 0.3) is 0 Å². The third-order valence-electron chi connectivity index (χ3n) is 2.67. The van der Waals surface area contributed by atoms with Crippen molar-refractivity contribution < 1.29 is 9.53 Å². The lowest BCUT2D eigenvalue weighted by molar-refractivity contribution is -0.118. The Morgan fingerprint density at radius 1 is 1.40 bits per heavy atom. The summed E-state index contributed by atoms with van der Waals surface area (Å²) < 4.78 is 5.27. The minimum absolute atomic E-state index is 0.0843. The fourth-order valence-corrected chi connectivity index (χ4v) is 1.80. The molecule has 80 valence electrons. The van der Waals surface area contributed by atoms with Crippen molar-refractivity contribution in [3.63, 3.8) is 0 Å². The molecule has 1 aliphatic heterocycles. The highest BCUT2D eigenvalue weighted by Crippen LogP contribution is 2.10. The number of hydrogen-bond donors (Lipinski definition) is 0. The zero-order valence-corrected chi connectivity index (χ0v) is 8.63. The molecular weight excluding hydrogens is 190 g/mol. The Bertz CT molecular complexity index is 313. The number of rotatable bonds is 3. The minimum atomic E-state index is -0.0843. The zero-order chi connectivity index (χ0) is 10.5. The number of morpholine rings is 1. The first-order chi connectivity index (χ1) is 7.40. The normalized spacial score (nSPS) is 22.5. The van der Waals surface area contributed by atoms with Gasteiger partial charge in [-0.2, -0.15) is 0 Å². The van der Waals surface area contributed by atoms with Gasteiger partial charge in [-0.1, -0.05) is 30.3 Å². The molecule has 15 heavy (non-hydrogen) atoms. The molecule has 1 aromatic rings. The van der Waals surface area contributed by atoms with E-state index in [1.807, 2.05) is 18.2 Å². The summed E-state index contributed by atoms with van der Waals surface area (Å²) in [4.78, 5) is 13.0. The number of nitrogens with zero attached hydrogens (tertiary/aromatic N) is 1. The van der Waals surface area contributed by atoms with E-state index in [4.69, 9.17) is 4.74 Å². The van der Waals surface area contributed by atoms with E-state index in [0.29, 0.717) is 6.61 Å². The van der Waals surface area contributed by atoms with Crippen molar-refractivity contribution in [3.05, 3.63) is 35.9 Å². The third kappa shape index (κ3) is 2.64.